The van der Waals surface area contributed by atoms with Crippen molar-refractivity contribution in [1.82, 2.24) is 4.90 Å². The van der Waals surface area contributed by atoms with Crippen LogP contribution in [0.5, 0.6) is 0 Å². The molecule has 1 aromatic rings. The fourth-order valence-corrected chi connectivity index (χ4v) is 2.74. The summed E-state index contributed by atoms with van der Waals surface area (Å²) in [6.07, 6.45) is 4.11. The minimum atomic E-state index is 0.222. The summed E-state index contributed by atoms with van der Waals surface area (Å²) in [6.45, 7) is 5.82. The van der Waals surface area contributed by atoms with Crippen LogP contribution in [-0.2, 0) is 11.3 Å². The molecule has 0 amide bonds. The Kier molecular flexibility index (Phi) is 4.32. The lowest BCUT2D eigenvalue weighted by Gasteiger charge is -2.35. The molecular weight excluding hydrogens is 222 g/mol. The predicted octanol–water partition coefficient (Wildman–Crippen LogP) is 3.19. The molecule has 1 aliphatic heterocycles. The van der Waals surface area contributed by atoms with E-state index in [9.17, 15) is 4.79 Å². The van der Waals surface area contributed by atoms with Gasteiger partial charge in [-0.2, -0.15) is 0 Å². The largest absolute Gasteiger partial charge is 0.295 e. The molecule has 0 saturated carbocycles. The molecule has 1 unspecified atom stereocenters. The van der Waals surface area contributed by atoms with Crippen LogP contribution >= 0.6 is 0 Å². The molecule has 0 spiro atoms. The van der Waals surface area contributed by atoms with Gasteiger partial charge in [0, 0.05) is 24.7 Å². The highest BCUT2D eigenvalue weighted by atomic mass is 16.1. The zero-order valence-corrected chi connectivity index (χ0v) is 11.2. The van der Waals surface area contributed by atoms with Crippen molar-refractivity contribution in [3.8, 4) is 0 Å². The molecule has 1 heterocycles. The Hall–Kier alpha value is -1.41. The minimum Gasteiger partial charge on any atom is -0.295 e. The van der Waals surface area contributed by atoms with Crippen LogP contribution in [0.15, 0.2) is 42.0 Å². The molecule has 1 aliphatic rings. The Bertz CT molecular complexity index is 436. The summed E-state index contributed by atoms with van der Waals surface area (Å²) < 4.78 is 0. The third-order valence-electron chi connectivity index (χ3n) is 3.60. The van der Waals surface area contributed by atoms with Crippen LogP contribution in [0.2, 0.25) is 0 Å². The number of carbonyl (C=O) groups excluding carboxylic acids is 1. The van der Waals surface area contributed by atoms with E-state index >= 15 is 0 Å². The molecule has 2 nitrogen and oxygen atoms in total. The number of carbonyl (C=O) groups is 1. The van der Waals surface area contributed by atoms with E-state index in [0.717, 1.165) is 31.5 Å². The zero-order valence-electron chi connectivity index (χ0n) is 11.2. The van der Waals surface area contributed by atoms with Gasteiger partial charge in [-0.15, -0.1) is 0 Å². The Morgan fingerprint density at radius 3 is 2.67 bits per heavy atom. The number of Topliss-reactive ketones (excluding diaryl/α,β-unsaturated/α-hetero) is 1. The lowest BCUT2D eigenvalue weighted by atomic mass is 9.94. The minimum absolute atomic E-state index is 0.222. The summed E-state index contributed by atoms with van der Waals surface area (Å²) >= 11 is 0. The average molecular weight is 243 g/mol. The normalized spacial score (nSPS) is 20.6. The molecule has 0 bridgehead atoms. The van der Waals surface area contributed by atoms with Crippen molar-refractivity contribution in [3.63, 3.8) is 0 Å². The molecule has 2 rings (SSSR count). The Balaban J connectivity index is 2.14. The van der Waals surface area contributed by atoms with Gasteiger partial charge < -0.3 is 0 Å². The molecule has 0 saturated heterocycles. The number of hydrogen-bond donors (Lipinski definition) is 0. The van der Waals surface area contributed by atoms with Crippen molar-refractivity contribution in [2.45, 2.75) is 39.3 Å². The Morgan fingerprint density at radius 2 is 2.06 bits per heavy atom. The van der Waals surface area contributed by atoms with Crippen LogP contribution in [0.1, 0.15) is 32.3 Å². The SMILES string of the molecule is CCC1C(C(C)=O)=CCCN1Cc1ccccc1. The van der Waals surface area contributed by atoms with Gasteiger partial charge in [-0.05, 0) is 25.3 Å². The van der Waals surface area contributed by atoms with Crippen molar-refractivity contribution < 1.29 is 4.79 Å². The second kappa shape index (κ2) is 5.96. The van der Waals surface area contributed by atoms with Crippen molar-refractivity contribution in [2.24, 2.45) is 0 Å². The van der Waals surface area contributed by atoms with E-state index in [1.165, 1.54) is 5.56 Å². The molecule has 0 aliphatic carbocycles. The van der Waals surface area contributed by atoms with E-state index in [0.29, 0.717) is 0 Å². The first-order valence-electron chi connectivity index (χ1n) is 6.71. The van der Waals surface area contributed by atoms with E-state index in [2.05, 4.69) is 42.2 Å². The molecule has 96 valence electrons. The monoisotopic (exact) mass is 243 g/mol. The first-order valence-corrected chi connectivity index (χ1v) is 6.71. The van der Waals surface area contributed by atoms with Crippen LogP contribution in [-0.4, -0.2) is 23.3 Å². The van der Waals surface area contributed by atoms with Gasteiger partial charge in [0.2, 0.25) is 0 Å². The molecule has 18 heavy (non-hydrogen) atoms. The average Bonchev–Trinajstić information content (AvgIpc) is 2.39. The topological polar surface area (TPSA) is 20.3 Å². The molecule has 1 aromatic carbocycles. The zero-order chi connectivity index (χ0) is 13.0. The van der Waals surface area contributed by atoms with Crippen LogP contribution in [0.25, 0.3) is 0 Å². The number of hydrogen-bond acceptors (Lipinski definition) is 2. The van der Waals surface area contributed by atoms with Gasteiger partial charge in [0.25, 0.3) is 0 Å². The molecule has 0 radical (unpaired) electrons. The highest BCUT2D eigenvalue weighted by Gasteiger charge is 2.26. The van der Waals surface area contributed by atoms with Crippen LogP contribution < -0.4 is 0 Å². The van der Waals surface area contributed by atoms with Gasteiger partial charge in [-0.1, -0.05) is 43.3 Å². The summed E-state index contributed by atoms with van der Waals surface area (Å²) in [4.78, 5) is 14.1. The maximum Gasteiger partial charge on any atom is 0.157 e. The van der Waals surface area contributed by atoms with E-state index in [4.69, 9.17) is 0 Å². The molecule has 1 atom stereocenters. The summed E-state index contributed by atoms with van der Waals surface area (Å²) in [5.74, 6) is 0.222. The van der Waals surface area contributed by atoms with Crippen LogP contribution in [0, 0.1) is 0 Å². The van der Waals surface area contributed by atoms with Crippen molar-refractivity contribution in [2.75, 3.05) is 6.54 Å². The van der Waals surface area contributed by atoms with Crippen molar-refractivity contribution in [1.29, 1.82) is 0 Å². The number of ketones is 1. The van der Waals surface area contributed by atoms with Gasteiger partial charge in [0.05, 0.1) is 0 Å². The van der Waals surface area contributed by atoms with Crippen molar-refractivity contribution in [3.05, 3.63) is 47.5 Å². The number of nitrogens with zero attached hydrogens (tertiary/aromatic N) is 1. The first kappa shape index (κ1) is 13.0. The number of rotatable bonds is 4. The van der Waals surface area contributed by atoms with E-state index in [1.807, 2.05) is 6.07 Å². The van der Waals surface area contributed by atoms with Gasteiger partial charge >= 0.3 is 0 Å². The molecular formula is C16H21NO. The Morgan fingerprint density at radius 1 is 1.33 bits per heavy atom. The molecule has 2 heteroatoms. The van der Waals surface area contributed by atoms with E-state index < -0.39 is 0 Å². The summed E-state index contributed by atoms with van der Waals surface area (Å²) in [5, 5.41) is 0. The second-order valence-corrected chi connectivity index (χ2v) is 4.88. The predicted molar refractivity (Wildman–Crippen MR) is 74.3 cm³/mol. The van der Waals surface area contributed by atoms with Crippen LogP contribution in [0.4, 0.5) is 0 Å². The highest BCUT2D eigenvalue weighted by molar-refractivity contribution is 5.94. The number of benzene rings is 1. The van der Waals surface area contributed by atoms with Gasteiger partial charge in [-0.25, -0.2) is 0 Å². The highest BCUT2D eigenvalue weighted by Crippen LogP contribution is 2.23. The maximum absolute atomic E-state index is 11.7. The lowest BCUT2D eigenvalue weighted by molar-refractivity contribution is -0.114. The first-order chi connectivity index (χ1) is 8.72. The van der Waals surface area contributed by atoms with Crippen molar-refractivity contribution >= 4 is 5.78 Å². The smallest absolute Gasteiger partial charge is 0.157 e. The van der Waals surface area contributed by atoms with Gasteiger partial charge in [0.15, 0.2) is 5.78 Å². The Labute approximate surface area is 109 Å². The summed E-state index contributed by atoms with van der Waals surface area (Å²) in [5.41, 5.74) is 2.32. The summed E-state index contributed by atoms with van der Waals surface area (Å²) in [7, 11) is 0. The fourth-order valence-electron chi connectivity index (χ4n) is 2.74. The lowest BCUT2D eigenvalue weighted by Crippen LogP contribution is -2.40. The molecule has 0 fully saturated rings. The van der Waals surface area contributed by atoms with Gasteiger partial charge in [-0.3, -0.25) is 9.69 Å². The molecule has 0 aromatic heterocycles. The molecule has 0 N–H and O–H groups in total. The van der Waals surface area contributed by atoms with Gasteiger partial charge in [0.1, 0.15) is 0 Å². The van der Waals surface area contributed by atoms with Crippen LogP contribution in [0.3, 0.4) is 0 Å². The standard InChI is InChI=1S/C16H21NO/c1-3-16-15(13(2)18)10-7-11-17(16)12-14-8-5-4-6-9-14/h4-6,8-10,16H,3,7,11-12H2,1-2H3. The summed E-state index contributed by atoms with van der Waals surface area (Å²) in [6, 6.07) is 10.8. The van der Waals surface area contributed by atoms with E-state index in [1.54, 1.807) is 6.92 Å². The third-order valence-corrected chi connectivity index (χ3v) is 3.60. The quantitative estimate of drug-likeness (QED) is 0.809. The van der Waals surface area contributed by atoms with E-state index in [-0.39, 0.29) is 11.8 Å². The maximum atomic E-state index is 11.7. The fraction of sp³-hybridized carbons (Fsp3) is 0.438. The third kappa shape index (κ3) is 2.88. The second-order valence-electron chi connectivity index (χ2n) is 4.88.